The van der Waals surface area contributed by atoms with Crippen molar-refractivity contribution in [2.75, 3.05) is 0 Å². The maximum Gasteiger partial charge on any atom is 0.262 e. The fourth-order valence-electron chi connectivity index (χ4n) is 2.15. The summed E-state index contributed by atoms with van der Waals surface area (Å²) in [6, 6.07) is 6.38. The van der Waals surface area contributed by atoms with Crippen LogP contribution >= 0.6 is 0 Å². The largest absolute Gasteiger partial charge is 0.447 e. The summed E-state index contributed by atoms with van der Waals surface area (Å²) >= 11 is 0. The number of hydrogen-bond acceptors (Lipinski definition) is 3. The van der Waals surface area contributed by atoms with E-state index in [1.807, 2.05) is 0 Å². The molecule has 0 fully saturated rings. The summed E-state index contributed by atoms with van der Waals surface area (Å²) in [6.07, 6.45) is 2.95. The van der Waals surface area contributed by atoms with Gasteiger partial charge in [0, 0.05) is 5.69 Å². The summed E-state index contributed by atoms with van der Waals surface area (Å²) in [7, 11) is 0. The molecule has 0 amide bonds. The van der Waals surface area contributed by atoms with Gasteiger partial charge in [-0.15, -0.1) is 0 Å². The van der Waals surface area contributed by atoms with Crippen molar-refractivity contribution < 1.29 is 8.81 Å². The number of fused-ring (bicyclic) bond motifs is 1. The average Bonchev–Trinajstić information content (AvgIpc) is 2.87. The van der Waals surface area contributed by atoms with Gasteiger partial charge in [-0.2, -0.15) is 0 Å². The van der Waals surface area contributed by atoms with Crippen LogP contribution in [0.15, 0.2) is 45.9 Å². The first-order valence-electron chi connectivity index (χ1n) is 5.84. The van der Waals surface area contributed by atoms with Gasteiger partial charge in [0.15, 0.2) is 0 Å². The number of hydrogen-bond donors (Lipinski definition) is 0. The van der Waals surface area contributed by atoms with Gasteiger partial charge in [-0.05, 0) is 24.4 Å². The molecule has 2 heterocycles. The van der Waals surface area contributed by atoms with Crippen LogP contribution in [0.1, 0.15) is 11.6 Å². The molecule has 0 radical (unpaired) electrons. The van der Waals surface area contributed by atoms with E-state index in [9.17, 15) is 9.18 Å². The maximum atomic E-state index is 13.8. The predicted molar refractivity (Wildman–Crippen MR) is 68.5 cm³/mol. The molecule has 0 aliphatic carbocycles. The zero-order valence-electron chi connectivity index (χ0n) is 10.3. The van der Waals surface area contributed by atoms with Gasteiger partial charge in [-0.1, -0.05) is 12.1 Å². The highest BCUT2D eigenvalue weighted by molar-refractivity contribution is 5.82. The van der Waals surface area contributed by atoms with Crippen LogP contribution in [0.2, 0.25) is 0 Å². The highest BCUT2D eigenvalue weighted by Gasteiger charge is 2.11. The lowest BCUT2D eigenvalue weighted by Gasteiger charge is -2.10. The summed E-state index contributed by atoms with van der Waals surface area (Å²) < 4.78 is 20.4. The Morgan fingerprint density at radius 3 is 3.00 bits per heavy atom. The molecule has 0 saturated carbocycles. The summed E-state index contributed by atoms with van der Waals surface area (Å²) in [6.45, 7) is 2.00. The van der Waals surface area contributed by atoms with Crippen molar-refractivity contribution in [1.29, 1.82) is 0 Å². The lowest BCUT2D eigenvalue weighted by Crippen LogP contribution is -2.23. The number of oxazole rings is 1. The number of aryl methyl sites for hydroxylation is 1. The van der Waals surface area contributed by atoms with Crippen molar-refractivity contribution in [2.45, 2.75) is 13.5 Å². The van der Waals surface area contributed by atoms with Gasteiger partial charge in [-0.25, -0.2) is 9.37 Å². The van der Waals surface area contributed by atoms with Gasteiger partial charge < -0.3 is 8.98 Å². The van der Waals surface area contributed by atoms with Crippen LogP contribution in [0.3, 0.4) is 0 Å². The van der Waals surface area contributed by atoms with Crippen molar-refractivity contribution in [2.24, 2.45) is 0 Å². The summed E-state index contributed by atoms with van der Waals surface area (Å²) in [5.41, 5.74) is 0.368. The molecule has 0 aliphatic rings. The monoisotopic (exact) mass is 258 g/mol. The van der Waals surface area contributed by atoms with E-state index in [2.05, 4.69) is 4.98 Å². The lowest BCUT2D eigenvalue weighted by molar-refractivity contribution is 0.472. The van der Waals surface area contributed by atoms with Crippen molar-refractivity contribution in [3.05, 3.63) is 64.5 Å². The fourth-order valence-corrected chi connectivity index (χ4v) is 2.15. The molecule has 0 N–H and O–H groups in total. The average molecular weight is 258 g/mol. The number of aromatic nitrogens is 2. The first-order chi connectivity index (χ1) is 9.16. The Bertz CT molecular complexity index is 791. The Morgan fingerprint density at radius 1 is 1.42 bits per heavy atom. The minimum Gasteiger partial charge on any atom is -0.447 e. The molecule has 2 aromatic heterocycles. The Balaban J connectivity index is 2.25. The second-order valence-electron chi connectivity index (χ2n) is 4.31. The molecular weight excluding hydrogens is 247 g/mol. The third-order valence-corrected chi connectivity index (χ3v) is 3.07. The molecule has 0 unspecified atom stereocenters. The first-order valence-corrected chi connectivity index (χ1v) is 5.84. The normalized spacial score (nSPS) is 11.1. The first kappa shape index (κ1) is 11.6. The van der Waals surface area contributed by atoms with Crippen molar-refractivity contribution >= 4 is 10.8 Å². The standard InChI is InChI=1S/C14H11FN2O2/c1-9-7-10-3-2-4-11(15)13(10)14(18)17(9)8-12-16-5-6-19-12/h2-7H,8H2,1H3. The lowest BCUT2D eigenvalue weighted by atomic mass is 10.1. The zero-order chi connectivity index (χ0) is 13.4. The molecule has 0 saturated heterocycles. The Hall–Kier alpha value is -2.43. The van der Waals surface area contributed by atoms with E-state index in [0.29, 0.717) is 11.3 Å². The Kier molecular flexibility index (Phi) is 2.67. The van der Waals surface area contributed by atoms with Crippen LogP contribution in [0, 0.1) is 12.7 Å². The number of pyridine rings is 1. The summed E-state index contributed by atoms with van der Waals surface area (Å²) in [4.78, 5) is 16.3. The van der Waals surface area contributed by atoms with Crippen LogP contribution in [-0.2, 0) is 6.54 Å². The molecule has 0 spiro atoms. The van der Waals surface area contributed by atoms with Crippen LogP contribution in [0.4, 0.5) is 4.39 Å². The van der Waals surface area contributed by atoms with E-state index >= 15 is 0 Å². The summed E-state index contributed by atoms with van der Waals surface area (Å²) in [5, 5.41) is 0.700. The number of nitrogens with zero attached hydrogens (tertiary/aromatic N) is 2. The zero-order valence-corrected chi connectivity index (χ0v) is 10.3. The maximum absolute atomic E-state index is 13.8. The topological polar surface area (TPSA) is 48.0 Å². The van der Waals surface area contributed by atoms with Crippen LogP contribution in [0.25, 0.3) is 10.8 Å². The molecular formula is C14H11FN2O2. The van der Waals surface area contributed by atoms with E-state index in [1.54, 1.807) is 25.1 Å². The second-order valence-corrected chi connectivity index (χ2v) is 4.31. The van der Waals surface area contributed by atoms with Gasteiger partial charge in [0.2, 0.25) is 5.89 Å². The van der Waals surface area contributed by atoms with Gasteiger partial charge in [0.25, 0.3) is 5.56 Å². The number of halogens is 1. The van der Waals surface area contributed by atoms with Crippen molar-refractivity contribution in [1.82, 2.24) is 9.55 Å². The predicted octanol–water partition coefficient (Wildman–Crippen LogP) is 2.49. The molecule has 3 rings (SSSR count). The molecule has 5 heteroatoms. The Morgan fingerprint density at radius 2 is 2.26 bits per heavy atom. The van der Waals surface area contributed by atoms with E-state index in [-0.39, 0.29) is 17.5 Å². The van der Waals surface area contributed by atoms with Crippen molar-refractivity contribution in [3.8, 4) is 0 Å². The molecule has 19 heavy (non-hydrogen) atoms. The molecule has 0 aliphatic heterocycles. The van der Waals surface area contributed by atoms with Crippen molar-refractivity contribution in [3.63, 3.8) is 0 Å². The number of rotatable bonds is 2. The smallest absolute Gasteiger partial charge is 0.262 e. The van der Waals surface area contributed by atoms with Crippen LogP contribution < -0.4 is 5.56 Å². The molecule has 96 valence electrons. The molecule has 0 bridgehead atoms. The highest BCUT2D eigenvalue weighted by atomic mass is 19.1. The van der Waals surface area contributed by atoms with Gasteiger partial charge in [0.1, 0.15) is 18.6 Å². The molecule has 1 aromatic carbocycles. The highest BCUT2D eigenvalue weighted by Crippen LogP contribution is 2.15. The minimum absolute atomic E-state index is 0.0969. The van der Waals surface area contributed by atoms with Crippen LogP contribution in [0.5, 0.6) is 0 Å². The van der Waals surface area contributed by atoms with E-state index in [0.717, 1.165) is 5.69 Å². The van der Waals surface area contributed by atoms with E-state index in [1.165, 1.54) is 23.1 Å². The van der Waals surface area contributed by atoms with Gasteiger partial charge in [-0.3, -0.25) is 4.79 Å². The molecule has 3 aromatic rings. The quantitative estimate of drug-likeness (QED) is 0.709. The van der Waals surface area contributed by atoms with Gasteiger partial charge in [0.05, 0.1) is 11.6 Å². The van der Waals surface area contributed by atoms with E-state index in [4.69, 9.17) is 4.42 Å². The third kappa shape index (κ3) is 1.93. The second kappa shape index (κ2) is 4.35. The van der Waals surface area contributed by atoms with E-state index < -0.39 is 5.82 Å². The third-order valence-electron chi connectivity index (χ3n) is 3.07. The number of benzene rings is 1. The summed E-state index contributed by atoms with van der Waals surface area (Å²) in [5.74, 6) is -0.0930. The van der Waals surface area contributed by atoms with Gasteiger partial charge >= 0.3 is 0 Å². The fraction of sp³-hybridized carbons (Fsp3) is 0.143. The Labute approximate surface area is 108 Å². The SMILES string of the molecule is Cc1cc2cccc(F)c2c(=O)n1Cc1ncco1. The minimum atomic E-state index is -0.511. The van der Waals surface area contributed by atoms with Crippen LogP contribution in [-0.4, -0.2) is 9.55 Å². The molecule has 0 atom stereocenters. The molecule has 4 nitrogen and oxygen atoms in total.